The molecular weight excluding hydrogens is 274 g/mol. The lowest BCUT2D eigenvalue weighted by atomic mass is 10.2. The minimum Gasteiger partial charge on any atom is -0.369 e. The highest BCUT2D eigenvalue weighted by Gasteiger charge is 2.25. The van der Waals surface area contributed by atoms with E-state index in [2.05, 4.69) is 21.2 Å². The largest absolute Gasteiger partial charge is 0.369 e. The number of carbonyl (C=O) groups excluding carboxylic acids is 1. The normalized spacial score (nSPS) is 19.9. The van der Waals surface area contributed by atoms with E-state index < -0.39 is 0 Å². The van der Waals surface area contributed by atoms with Gasteiger partial charge in [0.2, 0.25) is 5.91 Å². The molecule has 20 heavy (non-hydrogen) atoms. The lowest BCUT2D eigenvalue weighted by molar-refractivity contribution is -0.122. The van der Waals surface area contributed by atoms with Crippen LogP contribution in [0.15, 0.2) is 24.3 Å². The third kappa shape index (κ3) is 3.64. The van der Waals surface area contributed by atoms with Gasteiger partial charge in [-0.3, -0.25) is 9.69 Å². The van der Waals surface area contributed by atoms with Crippen LogP contribution in [0.1, 0.15) is 12.8 Å². The van der Waals surface area contributed by atoms with Crippen LogP contribution in [-0.4, -0.2) is 49.6 Å². The number of anilines is 1. The van der Waals surface area contributed by atoms with Crippen molar-refractivity contribution in [3.63, 3.8) is 0 Å². The second-order valence-electron chi connectivity index (χ2n) is 5.58. The van der Waals surface area contributed by atoms with Crippen molar-refractivity contribution in [2.24, 2.45) is 0 Å². The molecule has 4 nitrogen and oxygen atoms in total. The first-order chi connectivity index (χ1) is 9.70. The maximum absolute atomic E-state index is 11.8. The first-order valence-corrected chi connectivity index (χ1v) is 7.61. The van der Waals surface area contributed by atoms with E-state index in [0.717, 1.165) is 44.0 Å². The van der Waals surface area contributed by atoms with Gasteiger partial charge in [-0.1, -0.05) is 17.7 Å². The van der Waals surface area contributed by atoms with Gasteiger partial charge < -0.3 is 10.2 Å². The van der Waals surface area contributed by atoms with Crippen LogP contribution in [0.5, 0.6) is 0 Å². The third-order valence-electron chi connectivity index (χ3n) is 3.86. The SMILES string of the molecule is O=C(CN1CCN(c2cccc(Cl)c2)CC1)NC1CC1. The van der Waals surface area contributed by atoms with Crippen LogP contribution in [0.25, 0.3) is 0 Å². The molecule has 0 radical (unpaired) electrons. The van der Waals surface area contributed by atoms with E-state index in [4.69, 9.17) is 11.6 Å². The van der Waals surface area contributed by atoms with Gasteiger partial charge in [0, 0.05) is 42.9 Å². The highest BCUT2D eigenvalue weighted by atomic mass is 35.5. The van der Waals surface area contributed by atoms with E-state index in [1.165, 1.54) is 5.69 Å². The molecule has 1 heterocycles. The first kappa shape index (κ1) is 13.7. The molecular formula is C15H20ClN3O. The topological polar surface area (TPSA) is 35.6 Å². The number of hydrogen-bond acceptors (Lipinski definition) is 3. The second kappa shape index (κ2) is 6.02. The number of piperazine rings is 1. The van der Waals surface area contributed by atoms with Gasteiger partial charge in [0.25, 0.3) is 0 Å². The summed E-state index contributed by atoms with van der Waals surface area (Å²) in [6.45, 7) is 4.25. The van der Waals surface area contributed by atoms with Crippen LogP contribution in [-0.2, 0) is 4.79 Å². The standard InChI is InChI=1S/C15H20ClN3O/c16-12-2-1-3-14(10-12)19-8-6-18(7-9-19)11-15(20)17-13-4-5-13/h1-3,10,13H,4-9,11H2,(H,17,20). The molecule has 1 saturated carbocycles. The molecule has 2 aliphatic rings. The number of nitrogens with one attached hydrogen (secondary N) is 1. The summed E-state index contributed by atoms with van der Waals surface area (Å²) in [4.78, 5) is 16.3. The molecule has 3 rings (SSSR count). The highest BCUT2D eigenvalue weighted by Crippen LogP contribution is 2.21. The molecule has 1 aromatic carbocycles. The average molecular weight is 294 g/mol. The number of carbonyl (C=O) groups is 1. The van der Waals surface area contributed by atoms with E-state index >= 15 is 0 Å². The lowest BCUT2D eigenvalue weighted by Gasteiger charge is -2.35. The number of rotatable bonds is 4. The zero-order valence-corrected chi connectivity index (χ0v) is 12.3. The van der Waals surface area contributed by atoms with E-state index in [1.54, 1.807) is 0 Å². The van der Waals surface area contributed by atoms with Crippen molar-refractivity contribution in [3.05, 3.63) is 29.3 Å². The summed E-state index contributed by atoms with van der Waals surface area (Å²) in [5, 5.41) is 3.81. The Kier molecular flexibility index (Phi) is 4.13. The summed E-state index contributed by atoms with van der Waals surface area (Å²) in [5.74, 6) is 0.170. The van der Waals surface area contributed by atoms with Crippen molar-refractivity contribution in [1.29, 1.82) is 0 Å². The van der Waals surface area contributed by atoms with E-state index in [0.29, 0.717) is 12.6 Å². The van der Waals surface area contributed by atoms with Crippen molar-refractivity contribution in [2.75, 3.05) is 37.6 Å². The van der Waals surface area contributed by atoms with Crippen LogP contribution in [0.2, 0.25) is 5.02 Å². The van der Waals surface area contributed by atoms with Gasteiger partial charge in [0.05, 0.1) is 6.54 Å². The van der Waals surface area contributed by atoms with E-state index in [-0.39, 0.29) is 5.91 Å². The minimum atomic E-state index is 0.170. The Labute approximate surface area is 124 Å². The Morgan fingerprint density at radius 2 is 2.00 bits per heavy atom. The van der Waals surface area contributed by atoms with Crippen LogP contribution >= 0.6 is 11.6 Å². The lowest BCUT2D eigenvalue weighted by Crippen LogP contribution is -2.49. The molecule has 0 spiro atoms. The Morgan fingerprint density at radius 1 is 1.25 bits per heavy atom. The molecule has 1 N–H and O–H groups in total. The molecule has 1 aromatic rings. The molecule has 0 bridgehead atoms. The Balaban J connectivity index is 1.47. The van der Waals surface area contributed by atoms with Gasteiger partial charge >= 0.3 is 0 Å². The first-order valence-electron chi connectivity index (χ1n) is 7.23. The summed E-state index contributed by atoms with van der Waals surface area (Å²) in [6, 6.07) is 8.41. The van der Waals surface area contributed by atoms with Crippen molar-refractivity contribution >= 4 is 23.2 Å². The summed E-state index contributed by atoms with van der Waals surface area (Å²) in [7, 11) is 0. The number of nitrogens with zero attached hydrogens (tertiary/aromatic N) is 2. The maximum Gasteiger partial charge on any atom is 0.234 e. The van der Waals surface area contributed by atoms with Gasteiger partial charge in [-0.2, -0.15) is 0 Å². The van der Waals surface area contributed by atoms with Crippen LogP contribution in [0, 0.1) is 0 Å². The molecule has 2 fully saturated rings. The summed E-state index contributed by atoms with van der Waals surface area (Å²) < 4.78 is 0. The molecule has 1 aliphatic carbocycles. The van der Waals surface area contributed by atoms with Gasteiger partial charge in [0.15, 0.2) is 0 Å². The maximum atomic E-state index is 11.8. The molecule has 0 aromatic heterocycles. The van der Waals surface area contributed by atoms with Crippen LogP contribution in [0.4, 0.5) is 5.69 Å². The summed E-state index contributed by atoms with van der Waals surface area (Å²) in [6.07, 6.45) is 2.29. The van der Waals surface area contributed by atoms with Gasteiger partial charge in [-0.05, 0) is 31.0 Å². The number of amides is 1. The summed E-state index contributed by atoms with van der Waals surface area (Å²) in [5.41, 5.74) is 1.17. The quantitative estimate of drug-likeness (QED) is 0.918. The molecule has 108 valence electrons. The average Bonchev–Trinajstić information content (AvgIpc) is 3.23. The predicted octanol–water partition coefficient (Wildman–Crippen LogP) is 1.74. The zero-order valence-electron chi connectivity index (χ0n) is 11.5. The van der Waals surface area contributed by atoms with Crippen molar-refractivity contribution in [3.8, 4) is 0 Å². The third-order valence-corrected chi connectivity index (χ3v) is 4.09. The van der Waals surface area contributed by atoms with Crippen molar-refractivity contribution in [2.45, 2.75) is 18.9 Å². The molecule has 5 heteroatoms. The summed E-state index contributed by atoms with van der Waals surface area (Å²) >= 11 is 6.03. The fourth-order valence-corrected chi connectivity index (χ4v) is 2.73. The van der Waals surface area contributed by atoms with Crippen LogP contribution < -0.4 is 10.2 Å². The van der Waals surface area contributed by atoms with Gasteiger partial charge in [0.1, 0.15) is 0 Å². The van der Waals surface area contributed by atoms with E-state index in [1.807, 2.05) is 18.2 Å². The number of halogens is 1. The Bertz CT molecular complexity index is 482. The van der Waals surface area contributed by atoms with Crippen LogP contribution in [0.3, 0.4) is 0 Å². The van der Waals surface area contributed by atoms with Crippen molar-refractivity contribution in [1.82, 2.24) is 10.2 Å². The zero-order chi connectivity index (χ0) is 13.9. The minimum absolute atomic E-state index is 0.170. The van der Waals surface area contributed by atoms with Crippen molar-refractivity contribution < 1.29 is 4.79 Å². The monoisotopic (exact) mass is 293 g/mol. The predicted molar refractivity (Wildman–Crippen MR) is 81.3 cm³/mol. The second-order valence-corrected chi connectivity index (χ2v) is 6.02. The van der Waals surface area contributed by atoms with Gasteiger partial charge in [-0.15, -0.1) is 0 Å². The number of benzene rings is 1. The smallest absolute Gasteiger partial charge is 0.234 e. The highest BCUT2D eigenvalue weighted by molar-refractivity contribution is 6.30. The fourth-order valence-electron chi connectivity index (χ4n) is 2.54. The van der Waals surface area contributed by atoms with Gasteiger partial charge in [-0.25, -0.2) is 0 Å². The fraction of sp³-hybridized carbons (Fsp3) is 0.533. The molecule has 0 unspecified atom stereocenters. The molecule has 1 amide bonds. The number of hydrogen-bond donors (Lipinski definition) is 1. The molecule has 0 atom stereocenters. The van der Waals surface area contributed by atoms with E-state index in [9.17, 15) is 4.79 Å². The Morgan fingerprint density at radius 3 is 2.65 bits per heavy atom. The molecule has 1 saturated heterocycles. The molecule has 1 aliphatic heterocycles. The Hall–Kier alpha value is -1.26.